The van der Waals surface area contributed by atoms with Crippen molar-refractivity contribution in [2.45, 2.75) is 23.8 Å². The quantitative estimate of drug-likeness (QED) is 0.166. The minimum atomic E-state index is -3.49. The molecule has 1 atom stereocenters. The van der Waals surface area contributed by atoms with Crippen molar-refractivity contribution in [2.24, 2.45) is 5.16 Å². The topological polar surface area (TPSA) is 136 Å². The molecule has 1 N–H and O–H groups in total. The highest BCUT2D eigenvalue weighted by Crippen LogP contribution is 2.27. The van der Waals surface area contributed by atoms with Crippen LogP contribution in [0.4, 0.5) is 10.9 Å². The first-order valence-electron chi connectivity index (χ1n) is 13.2. The zero-order valence-electron chi connectivity index (χ0n) is 23.7. The number of fused-ring (bicyclic) bond motifs is 1. The van der Waals surface area contributed by atoms with Crippen LogP contribution in [0, 0.1) is 0 Å². The number of amides is 1. The molecule has 0 saturated carbocycles. The van der Waals surface area contributed by atoms with Crippen LogP contribution in [0.25, 0.3) is 10.3 Å². The molecule has 12 nitrogen and oxygen atoms in total. The van der Waals surface area contributed by atoms with Crippen molar-refractivity contribution in [3.05, 3.63) is 42.0 Å². The van der Waals surface area contributed by atoms with Gasteiger partial charge in [0.1, 0.15) is 16.2 Å². The van der Waals surface area contributed by atoms with E-state index in [0.717, 1.165) is 18.9 Å². The smallest absolute Gasteiger partial charge is 0.280 e. The minimum absolute atomic E-state index is 0.00319. The van der Waals surface area contributed by atoms with Crippen LogP contribution in [-0.2, 0) is 28.9 Å². The fourth-order valence-electron chi connectivity index (χ4n) is 3.97. The number of rotatable bonds is 14. The molecule has 3 aromatic rings. The summed E-state index contributed by atoms with van der Waals surface area (Å²) in [6.45, 7) is 2.99. The highest BCUT2D eigenvalue weighted by atomic mass is 32.2. The van der Waals surface area contributed by atoms with E-state index in [0.29, 0.717) is 53.7 Å². The van der Waals surface area contributed by atoms with Gasteiger partial charge >= 0.3 is 0 Å². The number of ether oxygens (including phenoxy) is 2. The Balaban J connectivity index is 1.53. The number of aromatic nitrogens is 2. The van der Waals surface area contributed by atoms with Crippen molar-refractivity contribution in [3.63, 3.8) is 0 Å². The number of methoxy groups -OCH3 is 1. The van der Waals surface area contributed by atoms with Crippen molar-refractivity contribution in [2.75, 3.05) is 77.1 Å². The fraction of sp³-hybridized carbons (Fsp3) is 0.481. The van der Waals surface area contributed by atoms with Crippen LogP contribution in [0.5, 0.6) is 0 Å². The molecular formula is C27H36N6O6S2. The van der Waals surface area contributed by atoms with Gasteiger partial charge in [-0.1, -0.05) is 28.6 Å². The van der Waals surface area contributed by atoms with Gasteiger partial charge in [-0.05, 0) is 44.8 Å². The summed E-state index contributed by atoms with van der Waals surface area (Å²) in [5.41, 5.74) is 1.06. The molecule has 0 spiro atoms. The van der Waals surface area contributed by atoms with E-state index in [9.17, 15) is 13.2 Å². The van der Waals surface area contributed by atoms with Gasteiger partial charge in [-0.15, -0.1) is 0 Å². The number of carbonyl (C=O) groups excluding carboxylic acids is 1. The second-order valence-corrected chi connectivity index (χ2v) is 13.0. The van der Waals surface area contributed by atoms with Crippen molar-refractivity contribution in [1.82, 2.24) is 14.9 Å². The number of nitrogens with zero attached hydrogens (tertiary/aromatic N) is 5. The summed E-state index contributed by atoms with van der Waals surface area (Å²) in [7, 11) is 4.06. The molecule has 2 aromatic heterocycles. The standard InChI is InChI=1S/C27H36N6O6S2/c1-32(2)13-14-33(3)23-11-10-22-26(29-23)40-27(28-22)30-25(34)24(31-39-20-12-16-38-18-20)19-6-8-21(9-7-19)41(35,36)17-5-15-37-4/h6-11,20H,5,12-18H2,1-4H3,(H,28,30,34)/b31-24+/t20-/m1/s1. The maximum absolute atomic E-state index is 13.4. The molecule has 41 heavy (non-hydrogen) atoms. The SMILES string of the molecule is COCCCS(=O)(=O)c1ccc(/C(=N\O[C@@H]2CCOC2)C(=O)Nc2nc3ccc(N(C)CCN(C)C)nc3s2)cc1. The normalized spacial score (nSPS) is 15.9. The molecule has 1 fully saturated rings. The van der Waals surface area contributed by atoms with Crippen LogP contribution in [0.1, 0.15) is 18.4 Å². The first kappa shape index (κ1) is 30.8. The van der Waals surface area contributed by atoms with Gasteiger partial charge in [-0.25, -0.2) is 18.4 Å². The third-order valence-corrected chi connectivity index (χ3v) is 9.08. The van der Waals surface area contributed by atoms with Crippen molar-refractivity contribution >= 4 is 54.1 Å². The zero-order valence-corrected chi connectivity index (χ0v) is 25.3. The second kappa shape index (κ2) is 14.1. The molecule has 4 rings (SSSR count). The first-order chi connectivity index (χ1) is 19.7. The molecule has 3 heterocycles. The van der Waals surface area contributed by atoms with Crippen molar-refractivity contribution in [3.8, 4) is 0 Å². The lowest BCUT2D eigenvalue weighted by atomic mass is 10.1. The largest absolute Gasteiger partial charge is 0.389 e. The summed E-state index contributed by atoms with van der Waals surface area (Å²) in [6, 6.07) is 9.81. The van der Waals surface area contributed by atoms with Crippen LogP contribution in [-0.4, -0.2) is 108 Å². The molecule has 0 aliphatic carbocycles. The molecule has 1 aromatic carbocycles. The molecule has 0 radical (unpaired) electrons. The Morgan fingerprint density at radius 3 is 2.61 bits per heavy atom. The molecule has 1 saturated heterocycles. The molecule has 1 amide bonds. The van der Waals surface area contributed by atoms with Crippen molar-refractivity contribution in [1.29, 1.82) is 0 Å². The molecule has 0 bridgehead atoms. The third kappa shape index (κ3) is 8.42. The maximum atomic E-state index is 13.4. The second-order valence-electron chi connectivity index (χ2n) is 9.91. The molecule has 1 aliphatic heterocycles. The molecular weight excluding hydrogens is 568 g/mol. The number of hydrogen-bond donors (Lipinski definition) is 1. The van der Waals surface area contributed by atoms with Gasteiger partial charge in [0.2, 0.25) is 0 Å². The van der Waals surface area contributed by atoms with Crippen LogP contribution < -0.4 is 10.2 Å². The molecule has 14 heteroatoms. The van der Waals surface area contributed by atoms with Gasteiger partial charge in [-0.3, -0.25) is 10.1 Å². The van der Waals surface area contributed by atoms with Gasteiger partial charge in [-0.2, -0.15) is 0 Å². The number of nitrogens with one attached hydrogen (secondary N) is 1. The number of likely N-dealkylation sites (N-methyl/N-ethyl adjacent to an activating group) is 2. The minimum Gasteiger partial charge on any atom is -0.389 e. The Morgan fingerprint density at radius 2 is 1.93 bits per heavy atom. The molecule has 0 unspecified atom stereocenters. The number of thiazole rings is 1. The van der Waals surface area contributed by atoms with Gasteiger partial charge in [0.05, 0.1) is 23.9 Å². The number of pyridine rings is 1. The number of oxime groups is 1. The Bertz CT molecular complexity index is 1450. The van der Waals surface area contributed by atoms with Gasteiger partial charge in [0.15, 0.2) is 26.8 Å². The van der Waals surface area contributed by atoms with Crippen LogP contribution in [0.15, 0.2) is 46.4 Å². The summed E-state index contributed by atoms with van der Waals surface area (Å²) in [5, 5.41) is 7.33. The van der Waals surface area contributed by atoms with E-state index in [4.69, 9.17) is 19.3 Å². The van der Waals surface area contributed by atoms with E-state index in [-0.39, 0.29) is 22.5 Å². The third-order valence-electron chi connectivity index (χ3n) is 6.38. The lowest BCUT2D eigenvalue weighted by molar-refractivity contribution is -0.110. The highest BCUT2D eigenvalue weighted by Gasteiger charge is 2.22. The fourth-order valence-corrected chi connectivity index (χ4v) is 6.09. The summed E-state index contributed by atoms with van der Waals surface area (Å²) >= 11 is 1.26. The Kier molecular flexibility index (Phi) is 10.6. The summed E-state index contributed by atoms with van der Waals surface area (Å²) in [6.07, 6.45) is 0.775. The Labute approximate surface area is 244 Å². The lowest BCUT2D eigenvalue weighted by Gasteiger charge is -2.20. The van der Waals surface area contributed by atoms with Crippen LogP contribution in [0.3, 0.4) is 0 Å². The predicted molar refractivity (Wildman–Crippen MR) is 160 cm³/mol. The summed E-state index contributed by atoms with van der Waals surface area (Å²) < 4.78 is 35.6. The number of anilines is 2. The van der Waals surface area contributed by atoms with E-state index in [1.165, 1.54) is 30.6 Å². The van der Waals surface area contributed by atoms with Crippen LogP contribution >= 0.6 is 11.3 Å². The summed E-state index contributed by atoms with van der Waals surface area (Å²) in [5.74, 6) is 0.236. The monoisotopic (exact) mass is 604 g/mol. The van der Waals surface area contributed by atoms with E-state index in [1.54, 1.807) is 12.1 Å². The van der Waals surface area contributed by atoms with Gasteiger partial charge < -0.3 is 24.1 Å². The zero-order chi connectivity index (χ0) is 29.4. The van der Waals surface area contributed by atoms with Gasteiger partial charge in [0, 0.05) is 45.8 Å². The highest BCUT2D eigenvalue weighted by molar-refractivity contribution is 7.91. The summed E-state index contributed by atoms with van der Waals surface area (Å²) in [4.78, 5) is 33.3. The van der Waals surface area contributed by atoms with E-state index >= 15 is 0 Å². The predicted octanol–water partition coefficient (Wildman–Crippen LogP) is 2.65. The maximum Gasteiger partial charge on any atom is 0.280 e. The van der Waals surface area contributed by atoms with Gasteiger partial charge in [0.25, 0.3) is 5.91 Å². The average molecular weight is 605 g/mol. The average Bonchev–Trinajstić information content (AvgIpc) is 3.61. The Hall–Kier alpha value is -3.17. The van der Waals surface area contributed by atoms with Crippen molar-refractivity contribution < 1.29 is 27.5 Å². The molecule has 222 valence electrons. The lowest BCUT2D eigenvalue weighted by Crippen LogP contribution is -2.28. The van der Waals surface area contributed by atoms with E-state index in [2.05, 4.69) is 25.3 Å². The van der Waals surface area contributed by atoms with Crippen LogP contribution in [0.2, 0.25) is 0 Å². The first-order valence-corrected chi connectivity index (χ1v) is 15.7. The van der Waals surface area contributed by atoms with E-state index in [1.807, 2.05) is 33.3 Å². The number of carbonyl (C=O) groups is 1. The molecule has 1 aliphatic rings. The number of sulfone groups is 1. The van der Waals surface area contributed by atoms with E-state index < -0.39 is 15.7 Å². The number of hydrogen-bond acceptors (Lipinski definition) is 12. The Morgan fingerprint density at radius 1 is 1.15 bits per heavy atom. The number of benzene rings is 1.